The normalized spacial score (nSPS) is 17.6. The average Bonchev–Trinajstić information content (AvgIpc) is 2.32. The van der Waals surface area contributed by atoms with Crippen LogP contribution in [0.15, 0.2) is 18.2 Å². The van der Waals surface area contributed by atoms with Gasteiger partial charge in [0.1, 0.15) is 5.82 Å². The molecule has 0 aliphatic carbocycles. The summed E-state index contributed by atoms with van der Waals surface area (Å²) in [5, 5.41) is 2.11. The van der Waals surface area contributed by atoms with Crippen LogP contribution in [-0.2, 0) is 11.3 Å². The molecule has 1 N–H and O–H groups in total. The first-order valence-electron chi connectivity index (χ1n) is 5.57. The minimum Gasteiger partial charge on any atom is -0.379 e. The van der Waals surface area contributed by atoms with Gasteiger partial charge in [0.15, 0.2) is 0 Å². The van der Waals surface area contributed by atoms with Crippen molar-refractivity contribution in [1.29, 1.82) is 0 Å². The molecule has 4 heteroatoms. The van der Waals surface area contributed by atoms with E-state index in [1.54, 1.807) is 13.0 Å². The largest absolute Gasteiger partial charge is 0.379 e. The first-order valence-corrected chi connectivity index (χ1v) is 5.57. The minimum atomic E-state index is -0.138. The van der Waals surface area contributed by atoms with E-state index in [0.717, 1.165) is 31.9 Å². The van der Waals surface area contributed by atoms with Gasteiger partial charge in [-0.25, -0.2) is 9.40 Å². The molecule has 1 aliphatic heterocycles. The quantitative estimate of drug-likeness (QED) is 0.841. The van der Waals surface area contributed by atoms with Crippen LogP contribution in [0, 0.1) is 12.7 Å². The molecule has 88 valence electrons. The molecular formula is C12H17FN2O. The fourth-order valence-electron chi connectivity index (χ4n) is 1.67. The van der Waals surface area contributed by atoms with Gasteiger partial charge in [-0.15, -0.1) is 0 Å². The van der Waals surface area contributed by atoms with Gasteiger partial charge in [0.25, 0.3) is 0 Å². The zero-order chi connectivity index (χ0) is 11.4. The Balaban J connectivity index is 1.86. The highest BCUT2D eigenvalue weighted by Gasteiger charge is 2.09. The van der Waals surface area contributed by atoms with Gasteiger partial charge in [-0.2, -0.15) is 0 Å². The maximum atomic E-state index is 13.3. The van der Waals surface area contributed by atoms with E-state index < -0.39 is 0 Å². The molecule has 1 saturated heterocycles. The number of nitrogens with zero attached hydrogens (tertiary/aromatic N) is 1. The van der Waals surface area contributed by atoms with E-state index in [4.69, 9.17) is 4.74 Å². The lowest BCUT2D eigenvalue weighted by Gasteiger charge is -2.27. The van der Waals surface area contributed by atoms with Crippen molar-refractivity contribution < 1.29 is 9.13 Å². The summed E-state index contributed by atoms with van der Waals surface area (Å²) in [4.78, 5) is 0. The number of hydrazine groups is 1. The molecule has 0 atom stereocenters. The number of rotatable bonds is 3. The van der Waals surface area contributed by atoms with Gasteiger partial charge in [0, 0.05) is 19.6 Å². The van der Waals surface area contributed by atoms with Crippen LogP contribution >= 0.6 is 0 Å². The Morgan fingerprint density at radius 2 is 2.12 bits per heavy atom. The van der Waals surface area contributed by atoms with Crippen LogP contribution in [0.5, 0.6) is 0 Å². The molecule has 1 aliphatic rings. The number of benzene rings is 1. The van der Waals surface area contributed by atoms with Crippen molar-refractivity contribution in [1.82, 2.24) is 10.4 Å². The summed E-state index contributed by atoms with van der Waals surface area (Å²) in [6.45, 7) is 5.72. The highest BCUT2D eigenvalue weighted by atomic mass is 19.1. The van der Waals surface area contributed by atoms with Gasteiger partial charge in [0.05, 0.1) is 13.2 Å². The van der Waals surface area contributed by atoms with Gasteiger partial charge in [0.2, 0.25) is 0 Å². The van der Waals surface area contributed by atoms with Crippen molar-refractivity contribution >= 4 is 0 Å². The summed E-state index contributed by atoms with van der Waals surface area (Å²) < 4.78 is 18.5. The Morgan fingerprint density at radius 1 is 1.38 bits per heavy atom. The van der Waals surface area contributed by atoms with Gasteiger partial charge in [-0.1, -0.05) is 12.1 Å². The third kappa shape index (κ3) is 3.01. The van der Waals surface area contributed by atoms with E-state index in [1.807, 2.05) is 12.1 Å². The Bertz CT molecular complexity index is 351. The minimum absolute atomic E-state index is 0.138. The second kappa shape index (κ2) is 5.39. The average molecular weight is 224 g/mol. The van der Waals surface area contributed by atoms with Crippen molar-refractivity contribution in [2.24, 2.45) is 0 Å². The second-order valence-corrected chi connectivity index (χ2v) is 4.02. The number of hydrogen-bond acceptors (Lipinski definition) is 3. The molecule has 0 bridgehead atoms. The van der Waals surface area contributed by atoms with Crippen LogP contribution in [-0.4, -0.2) is 31.3 Å². The zero-order valence-electron chi connectivity index (χ0n) is 9.50. The van der Waals surface area contributed by atoms with Crippen molar-refractivity contribution in [3.63, 3.8) is 0 Å². The fourth-order valence-corrected chi connectivity index (χ4v) is 1.67. The van der Waals surface area contributed by atoms with Crippen molar-refractivity contribution in [3.05, 3.63) is 35.1 Å². The summed E-state index contributed by atoms with van der Waals surface area (Å²) >= 11 is 0. The number of nitrogens with one attached hydrogen (secondary N) is 1. The Morgan fingerprint density at radius 3 is 2.81 bits per heavy atom. The summed E-state index contributed by atoms with van der Waals surface area (Å²) in [6, 6.07) is 5.35. The van der Waals surface area contributed by atoms with E-state index in [0.29, 0.717) is 12.1 Å². The van der Waals surface area contributed by atoms with Crippen molar-refractivity contribution in [2.75, 3.05) is 26.3 Å². The lowest BCUT2D eigenvalue weighted by atomic mass is 10.1. The second-order valence-electron chi connectivity index (χ2n) is 4.02. The van der Waals surface area contributed by atoms with E-state index in [1.165, 1.54) is 0 Å². The molecule has 1 aromatic carbocycles. The third-order valence-electron chi connectivity index (χ3n) is 2.75. The highest BCUT2D eigenvalue weighted by Crippen LogP contribution is 2.09. The molecular weight excluding hydrogens is 207 g/mol. The Labute approximate surface area is 95.2 Å². The van der Waals surface area contributed by atoms with E-state index in [2.05, 4.69) is 10.4 Å². The molecule has 0 aromatic heterocycles. The first kappa shape index (κ1) is 11.5. The Kier molecular flexibility index (Phi) is 3.88. The SMILES string of the molecule is Cc1ccc(CNN2CCOCC2)cc1F. The monoisotopic (exact) mass is 224 g/mol. The number of aryl methyl sites for hydroxylation is 1. The predicted octanol–water partition coefficient (Wildman–Crippen LogP) is 1.47. The topological polar surface area (TPSA) is 24.5 Å². The molecule has 16 heavy (non-hydrogen) atoms. The molecule has 0 radical (unpaired) electrons. The highest BCUT2D eigenvalue weighted by molar-refractivity contribution is 5.23. The molecule has 0 amide bonds. The van der Waals surface area contributed by atoms with Gasteiger partial charge in [-0.05, 0) is 24.1 Å². The van der Waals surface area contributed by atoms with Crippen LogP contribution in [0.2, 0.25) is 0 Å². The molecule has 0 saturated carbocycles. The number of halogens is 1. The molecule has 0 spiro atoms. The molecule has 2 rings (SSSR count). The summed E-state index contributed by atoms with van der Waals surface area (Å²) in [5.41, 5.74) is 4.93. The van der Waals surface area contributed by atoms with Crippen LogP contribution < -0.4 is 5.43 Å². The van der Waals surface area contributed by atoms with Crippen molar-refractivity contribution in [3.8, 4) is 0 Å². The van der Waals surface area contributed by atoms with Gasteiger partial charge >= 0.3 is 0 Å². The molecule has 1 aromatic rings. The number of hydrogen-bond donors (Lipinski definition) is 1. The summed E-state index contributed by atoms with van der Waals surface area (Å²) in [6.07, 6.45) is 0. The molecule has 0 unspecified atom stereocenters. The lowest BCUT2D eigenvalue weighted by Crippen LogP contribution is -2.45. The summed E-state index contributed by atoms with van der Waals surface area (Å²) in [5.74, 6) is -0.138. The van der Waals surface area contributed by atoms with Gasteiger partial charge < -0.3 is 4.74 Å². The van der Waals surface area contributed by atoms with Crippen LogP contribution in [0.4, 0.5) is 4.39 Å². The van der Waals surface area contributed by atoms with Crippen molar-refractivity contribution in [2.45, 2.75) is 13.5 Å². The van der Waals surface area contributed by atoms with E-state index in [-0.39, 0.29) is 5.82 Å². The smallest absolute Gasteiger partial charge is 0.126 e. The standard InChI is InChI=1S/C12H17FN2O/c1-10-2-3-11(8-12(10)13)9-14-15-4-6-16-7-5-15/h2-3,8,14H,4-7,9H2,1H3. The predicted molar refractivity (Wildman–Crippen MR) is 60.4 cm³/mol. The Hall–Kier alpha value is -0.970. The maximum Gasteiger partial charge on any atom is 0.126 e. The first-order chi connectivity index (χ1) is 7.75. The number of morpholine rings is 1. The van der Waals surface area contributed by atoms with E-state index in [9.17, 15) is 4.39 Å². The van der Waals surface area contributed by atoms with Crippen LogP contribution in [0.1, 0.15) is 11.1 Å². The van der Waals surface area contributed by atoms with E-state index >= 15 is 0 Å². The summed E-state index contributed by atoms with van der Waals surface area (Å²) in [7, 11) is 0. The van der Waals surface area contributed by atoms with Gasteiger partial charge in [-0.3, -0.25) is 5.43 Å². The maximum absolute atomic E-state index is 13.3. The molecule has 3 nitrogen and oxygen atoms in total. The number of ether oxygens (including phenoxy) is 1. The molecule has 1 fully saturated rings. The van der Waals surface area contributed by atoms with Crippen LogP contribution in [0.25, 0.3) is 0 Å². The third-order valence-corrected chi connectivity index (χ3v) is 2.75. The molecule has 1 heterocycles. The zero-order valence-corrected chi connectivity index (χ0v) is 9.50. The van der Waals surface area contributed by atoms with Crippen LogP contribution in [0.3, 0.4) is 0 Å². The fraction of sp³-hybridized carbons (Fsp3) is 0.500. The lowest BCUT2D eigenvalue weighted by molar-refractivity contribution is 0.0105.